The molecular weight excluding hydrogens is 135 g/mol. The van der Waals surface area contributed by atoms with Crippen LogP contribution in [0.3, 0.4) is 0 Å². The van der Waals surface area contributed by atoms with Crippen LogP contribution in [0.2, 0.25) is 0 Å². The second kappa shape index (κ2) is 5.93. The number of hydrogen-bond acceptors (Lipinski definition) is 2. The molecule has 3 heteroatoms. The maximum absolute atomic E-state index is 10.6. The number of hydrogen-bond donors (Lipinski definition) is 0. The highest BCUT2D eigenvalue weighted by atomic mass is 31.1. The van der Waals surface area contributed by atoms with Gasteiger partial charge in [-0.15, -0.1) is 4.52 Å². The first-order valence-electron chi connectivity index (χ1n) is 3.03. The van der Waals surface area contributed by atoms with Gasteiger partial charge in [0.25, 0.3) is 0 Å². The van der Waals surface area contributed by atoms with E-state index in [9.17, 15) is 4.57 Å². The summed E-state index contributed by atoms with van der Waals surface area (Å²) in [5.41, 5.74) is 0. The van der Waals surface area contributed by atoms with E-state index in [1.165, 1.54) is 0 Å². The SMILES string of the molecule is C/C=C/[P+](=O)OCCC. The van der Waals surface area contributed by atoms with Gasteiger partial charge in [0.2, 0.25) is 0 Å². The monoisotopic (exact) mass is 147 g/mol. The van der Waals surface area contributed by atoms with Crippen LogP contribution in [0.1, 0.15) is 20.3 Å². The lowest BCUT2D eigenvalue weighted by atomic mass is 10.5. The zero-order chi connectivity index (χ0) is 7.11. The minimum atomic E-state index is -1.52. The molecule has 0 saturated carbocycles. The highest BCUT2D eigenvalue weighted by Crippen LogP contribution is 2.23. The Labute approximate surface area is 56.8 Å². The smallest absolute Gasteiger partial charge is 0.142 e. The first-order chi connectivity index (χ1) is 4.31. The summed E-state index contributed by atoms with van der Waals surface area (Å²) >= 11 is 0. The molecule has 52 valence electrons. The average Bonchev–Trinajstić information content (AvgIpc) is 1.85. The van der Waals surface area contributed by atoms with E-state index in [2.05, 4.69) is 0 Å². The van der Waals surface area contributed by atoms with Gasteiger partial charge in [0.15, 0.2) is 5.82 Å². The summed E-state index contributed by atoms with van der Waals surface area (Å²) in [5, 5.41) is 0. The maximum atomic E-state index is 10.6. The van der Waals surface area contributed by atoms with E-state index < -0.39 is 8.03 Å². The number of rotatable bonds is 4. The lowest BCUT2D eigenvalue weighted by molar-refractivity contribution is 0.334. The lowest BCUT2D eigenvalue weighted by Crippen LogP contribution is -1.79. The molecule has 0 N–H and O–H groups in total. The molecule has 0 spiro atoms. The van der Waals surface area contributed by atoms with Gasteiger partial charge in [-0.05, 0) is 24.0 Å². The summed E-state index contributed by atoms with van der Waals surface area (Å²) in [6, 6.07) is 0. The van der Waals surface area contributed by atoms with E-state index in [0.717, 1.165) is 6.42 Å². The molecule has 0 aromatic carbocycles. The van der Waals surface area contributed by atoms with Crippen LogP contribution < -0.4 is 0 Å². The van der Waals surface area contributed by atoms with E-state index in [-0.39, 0.29) is 0 Å². The quantitative estimate of drug-likeness (QED) is 0.571. The molecule has 0 rings (SSSR count). The molecule has 9 heavy (non-hydrogen) atoms. The lowest BCUT2D eigenvalue weighted by Gasteiger charge is -1.79. The van der Waals surface area contributed by atoms with Crippen LogP contribution in [0.15, 0.2) is 11.9 Å². The molecule has 0 heterocycles. The van der Waals surface area contributed by atoms with Crippen molar-refractivity contribution in [2.24, 2.45) is 0 Å². The van der Waals surface area contributed by atoms with Gasteiger partial charge in [0, 0.05) is 0 Å². The fourth-order valence-corrected chi connectivity index (χ4v) is 1.04. The van der Waals surface area contributed by atoms with E-state index in [1.807, 2.05) is 13.8 Å². The molecule has 0 bridgehead atoms. The van der Waals surface area contributed by atoms with Gasteiger partial charge in [0.1, 0.15) is 6.61 Å². The van der Waals surface area contributed by atoms with E-state index in [1.54, 1.807) is 11.9 Å². The van der Waals surface area contributed by atoms with Crippen molar-refractivity contribution < 1.29 is 9.09 Å². The fourth-order valence-electron chi connectivity index (χ4n) is 0.346. The summed E-state index contributed by atoms with van der Waals surface area (Å²) in [7, 11) is -1.52. The molecule has 0 radical (unpaired) electrons. The van der Waals surface area contributed by atoms with Crippen molar-refractivity contribution in [3.63, 3.8) is 0 Å². The topological polar surface area (TPSA) is 26.3 Å². The summed E-state index contributed by atoms with van der Waals surface area (Å²) < 4.78 is 15.5. The van der Waals surface area contributed by atoms with Crippen molar-refractivity contribution in [2.75, 3.05) is 6.61 Å². The number of allylic oxidation sites excluding steroid dienone is 1. The van der Waals surface area contributed by atoms with Crippen LogP contribution in [0.4, 0.5) is 0 Å². The summed E-state index contributed by atoms with van der Waals surface area (Å²) in [4.78, 5) is 0. The Kier molecular flexibility index (Phi) is 5.80. The normalized spacial score (nSPS) is 12.4. The van der Waals surface area contributed by atoms with Gasteiger partial charge < -0.3 is 0 Å². The molecular formula is C6H12O2P+. The standard InChI is InChI=1S/C6H12O2P/c1-3-5-8-9(7)6-4-2/h4,6H,3,5H2,1-2H3/q+1/b6-4+. The third-order valence-corrected chi connectivity index (χ3v) is 1.67. The molecule has 0 aromatic heterocycles. The maximum Gasteiger partial charge on any atom is 0.540 e. The minimum Gasteiger partial charge on any atom is -0.142 e. The van der Waals surface area contributed by atoms with Crippen molar-refractivity contribution in [3.05, 3.63) is 11.9 Å². The van der Waals surface area contributed by atoms with Gasteiger partial charge in [-0.25, -0.2) is 0 Å². The van der Waals surface area contributed by atoms with Crippen LogP contribution in [-0.4, -0.2) is 6.61 Å². The van der Waals surface area contributed by atoms with Gasteiger partial charge in [-0.2, -0.15) is 0 Å². The van der Waals surface area contributed by atoms with Crippen LogP contribution in [-0.2, 0) is 9.09 Å². The molecule has 0 aliphatic carbocycles. The van der Waals surface area contributed by atoms with Crippen molar-refractivity contribution >= 4 is 8.03 Å². The predicted octanol–water partition coefficient (Wildman–Crippen LogP) is 2.69. The molecule has 0 saturated heterocycles. The molecule has 0 aliphatic rings. The Morgan fingerprint density at radius 2 is 2.33 bits per heavy atom. The van der Waals surface area contributed by atoms with Gasteiger partial charge in [-0.1, -0.05) is 6.92 Å². The Hall–Kier alpha value is -0.200. The Morgan fingerprint density at radius 1 is 1.67 bits per heavy atom. The van der Waals surface area contributed by atoms with Crippen molar-refractivity contribution in [2.45, 2.75) is 20.3 Å². The Morgan fingerprint density at radius 3 is 2.78 bits per heavy atom. The predicted molar refractivity (Wildman–Crippen MR) is 38.7 cm³/mol. The van der Waals surface area contributed by atoms with E-state index >= 15 is 0 Å². The first-order valence-corrected chi connectivity index (χ1v) is 4.28. The van der Waals surface area contributed by atoms with Crippen LogP contribution in [0.5, 0.6) is 0 Å². The Balaban J connectivity index is 3.27. The third kappa shape index (κ3) is 5.67. The molecule has 1 atom stereocenters. The molecule has 0 aliphatic heterocycles. The molecule has 0 amide bonds. The zero-order valence-electron chi connectivity index (χ0n) is 5.83. The molecule has 2 nitrogen and oxygen atoms in total. The zero-order valence-corrected chi connectivity index (χ0v) is 6.73. The second-order valence-electron chi connectivity index (χ2n) is 1.60. The van der Waals surface area contributed by atoms with Gasteiger partial charge >= 0.3 is 8.03 Å². The molecule has 0 fully saturated rings. The van der Waals surface area contributed by atoms with Crippen molar-refractivity contribution in [1.29, 1.82) is 0 Å². The van der Waals surface area contributed by atoms with Crippen molar-refractivity contribution in [1.82, 2.24) is 0 Å². The van der Waals surface area contributed by atoms with E-state index in [4.69, 9.17) is 4.52 Å². The molecule has 1 unspecified atom stereocenters. The molecule has 0 aromatic rings. The summed E-state index contributed by atoms with van der Waals surface area (Å²) in [6.45, 7) is 4.39. The largest absolute Gasteiger partial charge is 0.540 e. The van der Waals surface area contributed by atoms with Gasteiger partial charge in [-0.3, -0.25) is 0 Å². The van der Waals surface area contributed by atoms with Crippen LogP contribution >= 0.6 is 8.03 Å². The summed E-state index contributed by atoms with van der Waals surface area (Å²) in [5.74, 6) is 1.56. The van der Waals surface area contributed by atoms with Crippen LogP contribution in [0.25, 0.3) is 0 Å². The third-order valence-electron chi connectivity index (χ3n) is 0.693. The van der Waals surface area contributed by atoms with Crippen LogP contribution in [0, 0.1) is 0 Å². The first kappa shape index (κ1) is 8.80. The average molecular weight is 147 g/mol. The highest BCUT2D eigenvalue weighted by Gasteiger charge is 2.08. The summed E-state index contributed by atoms with van der Waals surface area (Å²) in [6.07, 6.45) is 2.65. The fraction of sp³-hybridized carbons (Fsp3) is 0.667. The van der Waals surface area contributed by atoms with Crippen molar-refractivity contribution in [3.8, 4) is 0 Å². The Bertz CT molecular complexity index is 110. The highest BCUT2D eigenvalue weighted by molar-refractivity contribution is 7.42. The minimum absolute atomic E-state index is 0.583. The van der Waals surface area contributed by atoms with Gasteiger partial charge in [0.05, 0.1) is 0 Å². The second-order valence-corrected chi connectivity index (χ2v) is 2.73. The van der Waals surface area contributed by atoms with E-state index in [0.29, 0.717) is 6.61 Å².